The van der Waals surface area contributed by atoms with Gasteiger partial charge in [0.2, 0.25) is 0 Å². The van der Waals surface area contributed by atoms with Gasteiger partial charge in [-0.3, -0.25) is 15.0 Å². The van der Waals surface area contributed by atoms with Gasteiger partial charge in [0.1, 0.15) is 0 Å². The Balaban J connectivity index is 0.845. The third-order valence-corrected chi connectivity index (χ3v) is 21.8. The smallest absolute Gasteiger partial charge is 0.0702 e. The second kappa shape index (κ2) is 26.8. The van der Waals surface area contributed by atoms with Crippen molar-refractivity contribution in [3.05, 3.63) is 235 Å². The predicted molar refractivity (Wildman–Crippen MR) is 381 cm³/mol. The molecule has 3 aliphatic carbocycles. The first-order valence-electron chi connectivity index (χ1n) is 34.4. The number of benzene rings is 7. The summed E-state index contributed by atoms with van der Waals surface area (Å²) in [6, 6.07) is 75.3. The molecule has 0 saturated heterocycles. The van der Waals surface area contributed by atoms with E-state index in [1.807, 2.05) is 0 Å². The van der Waals surface area contributed by atoms with Crippen LogP contribution in [0.3, 0.4) is 0 Å². The van der Waals surface area contributed by atoms with Crippen molar-refractivity contribution in [3.8, 4) is 101 Å². The molecule has 3 saturated carbocycles. The van der Waals surface area contributed by atoms with Crippen LogP contribution < -0.4 is 0 Å². The lowest BCUT2D eigenvalue weighted by Crippen LogP contribution is -2.26. The Morgan fingerprint density at radius 2 is 0.500 bits per heavy atom. The first-order chi connectivity index (χ1) is 43.8. The van der Waals surface area contributed by atoms with Crippen molar-refractivity contribution in [3.63, 3.8) is 0 Å². The third kappa shape index (κ3) is 13.0. The van der Waals surface area contributed by atoms with Crippen molar-refractivity contribution in [1.82, 2.24) is 15.0 Å². The van der Waals surface area contributed by atoms with Gasteiger partial charge >= 0.3 is 0 Å². The Morgan fingerprint density at radius 1 is 0.267 bits per heavy atom. The largest absolute Gasteiger partial charge is 0.256 e. The summed E-state index contributed by atoms with van der Waals surface area (Å²) in [4.78, 5) is 15.4. The molecule has 3 aliphatic rings. The van der Waals surface area contributed by atoms with E-state index in [9.17, 15) is 0 Å². The molecule has 0 amide bonds. The maximum absolute atomic E-state index is 5.13. The van der Waals surface area contributed by atoms with Crippen LogP contribution >= 0.6 is 0 Å². The van der Waals surface area contributed by atoms with Gasteiger partial charge in [0, 0.05) is 35.3 Å². The van der Waals surface area contributed by atoms with E-state index in [1.54, 1.807) is 0 Å². The van der Waals surface area contributed by atoms with Crippen molar-refractivity contribution in [2.75, 3.05) is 0 Å². The van der Waals surface area contributed by atoms with E-state index >= 15 is 0 Å². The zero-order valence-electron chi connectivity index (χ0n) is 54.9. The van der Waals surface area contributed by atoms with Gasteiger partial charge in [0.25, 0.3) is 0 Å². The lowest BCUT2D eigenvalue weighted by Gasteiger charge is -2.37. The van der Waals surface area contributed by atoms with Crippen molar-refractivity contribution in [1.29, 1.82) is 0 Å². The molecular formula is C87H93N3. The Bertz CT molecular complexity index is 3590. The molecule has 0 radical (unpaired) electrons. The standard InChI is InChI=1S/C87H93N3/c1-55(2)73-40-22-58(7)46-82(73)67-37-43-85(88-52-67)64-31-25-61(26-32-64)76-16-10-13-19-79(76)70-49-71(80-20-14-11-17-77(80)62-27-33-65(34-28-62)86-44-38-68(53-89-86)83-47-59(8)23-41-74(83)56(3)4)51-72(50-70)81-21-15-12-18-78(81)63-29-35-66(36-30-63)87-45-39-69(54-90-87)84-48-60(9)24-42-75(84)57(5)6/h10-21,25-39,43-45,49-60,73-75,82-84H,22-24,40-42,46-48H2,1-9H3/t58-,59-,60-,73+,74+,75+,82?,83?,84?/m1/s1. The highest BCUT2D eigenvalue weighted by molar-refractivity contribution is 5.94. The summed E-state index contributed by atoms with van der Waals surface area (Å²) in [5.74, 6) is 8.16. The van der Waals surface area contributed by atoms with Crippen LogP contribution in [-0.4, -0.2) is 15.0 Å². The van der Waals surface area contributed by atoms with Gasteiger partial charge in [-0.25, -0.2) is 0 Å². The second-order valence-electron chi connectivity index (χ2n) is 28.9. The van der Waals surface area contributed by atoms with E-state index in [-0.39, 0.29) is 0 Å². The Kier molecular flexibility index (Phi) is 18.1. The molecule has 3 heteroatoms. The molecule has 3 fully saturated rings. The zero-order valence-corrected chi connectivity index (χ0v) is 54.9. The Hall–Kier alpha value is -8.01. The minimum absolute atomic E-state index is 0.577. The van der Waals surface area contributed by atoms with E-state index in [1.165, 1.54) is 141 Å². The van der Waals surface area contributed by atoms with Crippen molar-refractivity contribution in [2.24, 2.45) is 53.3 Å². The molecule has 3 nitrogen and oxygen atoms in total. The number of nitrogens with zero attached hydrogens (tertiary/aromatic N) is 3. The molecule has 0 N–H and O–H groups in total. The first kappa shape index (κ1) is 60.9. The van der Waals surface area contributed by atoms with Crippen LogP contribution in [0.5, 0.6) is 0 Å². The quantitative estimate of drug-likeness (QED) is 0.103. The van der Waals surface area contributed by atoms with Crippen molar-refractivity contribution in [2.45, 2.75) is 138 Å². The van der Waals surface area contributed by atoms with E-state index in [0.717, 1.165) is 51.5 Å². The molecule has 9 atom stereocenters. The van der Waals surface area contributed by atoms with E-state index in [4.69, 9.17) is 15.0 Å². The van der Waals surface area contributed by atoms with Gasteiger partial charge in [0.15, 0.2) is 0 Å². The van der Waals surface area contributed by atoms with Crippen LogP contribution in [0.1, 0.15) is 155 Å². The fraction of sp³-hybridized carbons (Fsp3) is 0.345. The molecule has 3 unspecified atom stereocenters. The minimum Gasteiger partial charge on any atom is -0.256 e. The van der Waals surface area contributed by atoms with Gasteiger partial charge < -0.3 is 0 Å². The monoisotopic (exact) mass is 1180 g/mol. The molecule has 90 heavy (non-hydrogen) atoms. The molecule has 0 bridgehead atoms. The summed E-state index contributed by atoms with van der Waals surface area (Å²) in [6.07, 6.45) is 18.2. The van der Waals surface area contributed by atoms with Crippen molar-refractivity contribution >= 4 is 0 Å². The molecule has 0 spiro atoms. The summed E-state index contributed by atoms with van der Waals surface area (Å²) in [7, 11) is 0. The van der Waals surface area contributed by atoms with Crippen LogP contribution in [0.15, 0.2) is 219 Å². The summed E-state index contributed by atoms with van der Waals surface area (Å²) < 4.78 is 0. The maximum Gasteiger partial charge on any atom is 0.0702 e. The molecule has 0 aliphatic heterocycles. The third-order valence-electron chi connectivity index (χ3n) is 21.8. The molecule has 3 aromatic heterocycles. The summed E-state index contributed by atoms with van der Waals surface area (Å²) in [5, 5.41) is 0. The number of rotatable bonds is 15. The first-order valence-corrected chi connectivity index (χ1v) is 34.4. The molecule has 13 rings (SSSR count). The molecule has 10 aromatic rings. The number of aromatic nitrogens is 3. The molecular weight excluding hydrogens is 1090 g/mol. The topological polar surface area (TPSA) is 38.7 Å². The summed E-state index contributed by atoms with van der Waals surface area (Å²) in [5.41, 5.74) is 24.8. The highest BCUT2D eigenvalue weighted by Crippen LogP contribution is 2.48. The van der Waals surface area contributed by atoms with Gasteiger partial charge in [-0.15, -0.1) is 0 Å². The molecule has 7 aromatic carbocycles. The summed E-state index contributed by atoms with van der Waals surface area (Å²) >= 11 is 0. The maximum atomic E-state index is 5.13. The fourth-order valence-corrected chi connectivity index (χ4v) is 16.7. The molecule has 3 heterocycles. The highest BCUT2D eigenvalue weighted by Gasteiger charge is 2.35. The molecule has 456 valence electrons. The second-order valence-corrected chi connectivity index (χ2v) is 28.9. The fourth-order valence-electron chi connectivity index (χ4n) is 16.7. The Morgan fingerprint density at radius 3 is 0.722 bits per heavy atom. The van der Waals surface area contributed by atoms with Crippen molar-refractivity contribution < 1.29 is 0 Å². The number of hydrogen-bond acceptors (Lipinski definition) is 3. The average Bonchev–Trinajstić information content (AvgIpc) is 0.897. The van der Waals surface area contributed by atoms with E-state index in [0.29, 0.717) is 53.3 Å². The van der Waals surface area contributed by atoms with Gasteiger partial charge in [-0.1, -0.05) is 245 Å². The minimum atomic E-state index is 0.577. The lowest BCUT2D eigenvalue weighted by atomic mass is 9.68. The van der Waals surface area contributed by atoms with Gasteiger partial charge in [-0.05, 0) is 229 Å². The SMILES string of the molecule is CC(C)[C@@H]1CC[C@@H](C)CC1c1ccc(-c2ccc(-c3ccccc3-c3cc(-c4ccccc4-c4ccc(-c5ccc(C6C[C@H](C)CC[C@H]6C(C)C)cn5)cc4)cc(-c4ccccc4-c4ccc(-c5ccc(C6C[C@H](C)CC[C@H]6C(C)C)cn5)cc4)c3)cc2)nc1. The predicted octanol–water partition coefficient (Wildman–Crippen LogP) is 24.4. The van der Waals surface area contributed by atoms with Crippen LogP contribution in [-0.2, 0) is 0 Å². The van der Waals surface area contributed by atoms with E-state index in [2.05, 4.69) is 281 Å². The Labute approximate surface area is 539 Å². The summed E-state index contributed by atoms with van der Waals surface area (Å²) in [6.45, 7) is 21.7. The normalized spacial score (nSPS) is 22.1. The number of hydrogen-bond donors (Lipinski definition) is 0. The van der Waals surface area contributed by atoms with Gasteiger partial charge in [-0.2, -0.15) is 0 Å². The lowest BCUT2D eigenvalue weighted by molar-refractivity contribution is 0.197. The number of pyridine rings is 3. The zero-order chi connectivity index (χ0) is 62.0. The van der Waals surface area contributed by atoms with Crippen LogP contribution in [0.25, 0.3) is 101 Å². The van der Waals surface area contributed by atoms with E-state index < -0.39 is 0 Å². The average molecular weight is 1180 g/mol. The van der Waals surface area contributed by atoms with Crippen LogP contribution in [0.4, 0.5) is 0 Å². The highest BCUT2D eigenvalue weighted by atomic mass is 14.7. The van der Waals surface area contributed by atoms with Gasteiger partial charge in [0.05, 0.1) is 17.1 Å². The van der Waals surface area contributed by atoms with Crippen LogP contribution in [0.2, 0.25) is 0 Å². The van der Waals surface area contributed by atoms with Crippen LogP contribution in [0, 0.1) is 53.3 Å².